The van der Waals surface area contributed by atoms with Crippen molar-refractivity contribution < 1.29 is 8.81 Å². The van der Waals surface area contributed by atoms with Gasteiger partial charge in [-0.1, -0.05) is 18.5 Å². The number of allylic oxidation sites excluding steroid dienone is 1. The maximum absolute atomic E-state index is 13.4. The molecule has 1 aromatic heterocycles. The maximum atomic E-state index is 13.4. The lowest BCUT2D eigenvalue weighted by atomic mass is 9.92. The average molecular weight is 186 g/mol. The van der Waals surface area contributed by atoms with Crippen LogP contribution in [0.5, 0.6) is 0 Å². The van der Waals surface area contributed by atoms with Gasteiger partial charge in [-0.3, -0.25) is 0 Å². The van der Waals surface area contributed by atoms with Crippen molar-refractivity contribution in [1.29, 1.82) is 0 Å². The number of rotatable bonds is 2. The first-order valence-corrected chi connectivity index (χ1v) is 4.27. The second-order valence-electron chi connectivity index (χ2n) is 3.10. The van der Waals surface area contributed by atoms with E-state index in [2.05, 4.69) is 6.58 Å². The van der Waals surface area contributed by atoms with Crippen LogP contribution in [0, 0.1) is 5.82 Å². The molecule has 2 aromatic rings. The Kier molecular flexibility index (Phi) is 2.16. The van der Waals surface area contributed by atoms with Crippen LogP contribution in [0.4, 0.5) is 4.39 Å². The summed E-state index contributed by atoms with van der Waals surface area (Å²) in [6, 6.07) is 4.92. The van der Waals surface area contributed by atoms with Gasteiger partial charge in [0.05, 0.1) is 14.1 Å². The van der Waals surface area contributed by atoms with Crippen molar-refractivity contribution in [3.05, 3.63) is 42.4 Å². The number of hydrogen-bond acceptors (Lipinski definition) is 1. The molecule has 1 nitrogen and oxygen atoms in total. The zero-order valence-electron chi connectivity index (χ0n) is 7.59. The van der Waals surface area contributed by atoms with E-state index in [1.165, 1.54) is 12.3 Å². The third-order valence-electron chi connectivity index (χ3n) is 2.16. The van der Waals surface area contributed by atoms with Crippen molar-refractivity contribution >= 4 is 24.4 Å². The van der Waals surface area contributed by atoms with Gasteiger partial charge in [-0.15, -0.1) is 0 Å². The van der Waals surface area contributed by atoms with Crippen molar-refractivity contribution in [1.82, 2.24) is 0 Å². The van der Waals surface area contributed by atoms with Gasteiger partial charge in [0.15, 0.2) is 11.4 Å². The minimum atomic E-state index is -0.378. The van der Waals surface area contributed by atoms with Gasteiger partial charge in [0, 0.05) is 5.39 Å². The van der Waals surface area contributed by atoms with Gasteiger partial charge in [-0.05, 0) is 23.8 Å². The van der Waals surface area contributed by atoms with E-state index in [0.29, 0.717) is 11.9 Å². The molecule has 0 saturated carbocycles. The predicted octanol–water partition coefficient (Wildman–Crippen LogP) is 3.17. The van der Waals surface area contributed by atoms with Crippen molar-refractivity contribution in [3.63, 3.8) is 0 Å². The SMILES string of the molecule is [B]CC(=C)c1cc(F)c2occc2c1. The molecule has 0 N–H and O–H groups in total. The zero-order valence-corrected chi connectivity index (χ0v) is 7.59. The number of furan rings is 1. The molecule has 14 heavy (non-hydrogen) atoms. The van der Waals surface area contributed by atoms with Crippen LogP contribution in [-0.4, -0.2) is 7.85 Å². The molecule has 0 unspecified atom stereocenters. The van der Waals surface area contributed by atoms with Crippen LogP contribution in [0.1, 0.15) is 5.56 Å². The van der Waals surface area contributed by atoms with Gasteiger partial charge in [-0.2, -0.15) is 0 Å². The quantitative estimate of drug-likeness (QED) is 0.656. The monoisotopic (exact) mass is 186 g/mol. The van der Waals surface area contributed by atoms with Gasteiger partial charge >= 0.3 is 0 Å². The van der Waals surface area contributed by atoms with E-state index in [1.807, 2.05) is 6.07 Å². The fraction of sp³-hybridized carbons (Fsp3) is 0.0909. The summed E-state index contributed by atoms with van der Waals surface area (Å²) in [7, 11) is 5.43. The lowest BCUT2D eigenvalue weighted by molar-refractivity contribution is 0.560. The maximum Gasteiger partial charge on any atom is 0.169 e. The Hall–Kier alpha value is -1.51. The van der Waals surface area contributed by atoms with Crippen molar-refractivity contribution in [3.8, 4) is 0 Å². The molecule has 1 aromatic carbocycles. The molecule has 0 bridgehead atoms. The van der Waals surface area contributed by atoms with E-state index < -0.39 is 0 Å². The number of halogens is 1. The number of fused-ring (bicyclic) bond motifs is 1. The van der Waals surface area contributed by atoms with E-state index in [0.717, 1.165) is 10.9 Å². The fourth-order valence-electron chi connectivity index (χ4n) is 1.36. The Bertz CT molecular complexity index is 487. The van der Waals surface area contributed by atoms with Crippen molar-refractivity contribution in [2.75, 3.05) is 0 Å². The van der Waals surface area contributed by atoms with Crippen LogP contribution >= 0.6 is 0 Å². The van der Waals surface area contributed by atoms with E-state index in [-0.39, 0.29) is 11.4 Å². The molecule has 2 radical (unpaired) electrons. The Labute approximate surface area is 82.6 Å². The Morgan fingerprint density at radius 2 is 2.29 bits per heavy atom. The van der Waals surface area contributed by atoms with E-state index in [4.69, 9.17) is 12.3 Å². The highest BCUT2D eigenvalue weighted by Gasteiger charge is 2.07. The summed E-state index contributed by atoms with van der Waals surface area (Å²) in [4.78, 5) is 0. The van der Waals surface area contributed by atoms with E-state index >= 15 is 0 Å². The lowest BCUT2D eigenvalue weighted by Crippen LogP contribution is -1.85. The molecule has 1 heterocycles. The summed E-state index contributed by atoms with van der Waals surface area (Å²) >= 11 is 0. The molecule has 0 spiro atoms. The molecule has 0 amide bonds. The molecule has 0 aliphatic heterocycles. The van der Waals surface area contributed by atoms with Gasteiger partial charge in [0.25, 0.3) is 0 Å². The molecule has 3 heteroatoms. The van der Waals surface area contributed by atoms with Crippen LogP contribution < -0.4 is 0 Å². The normalized spacial score (nSPS) is 10.6. The molecule has 2 rings (SSSR count). The highest BCUT2D eigenvalue weighted by molar-refractivity contribution is 6.14. The summed E-state index contributed by atoms with van der Waals surface area (Å²) in [6.45, 7) is 3.75. The average Bonchev–Trinajstić information content (AvgIpc) is 2.64. The lowest BCUT2D eigenvalue weighted by Gasteiger charge is -2.03. The Morgan fingerprint density at radius 1 is 1.50 bits per heavy atom. The summed E-state index contributed by atoms with van der Waals surface area (Å²) in [5, 5.41) is 0.731. The molecule has 0 saturated heterocycles. The fourth-order valence-corrected chi connectivity index (χ4v) is 1.36. The molecular weight excluding hydrogens is 178 g/mol. The second-order valence-corrected chi connectivity index (χ2v) is 3.10. The standard InChI is InChI=1S/C11H8BFO/c1-7(6-12)9-4-8-2-3-14-11(8)10(13)5-9/h2-5H,1,6H2. The first-order valence-electron chi connectivity index (χ1n) is 4.27. The third kappa shape index (κ3) is 1.35. The number of hydrogen-bond donors (Lipinski definition) is 0. The highest BCUT2D eigenvalue weighted by atomic mass is 19.1. The van der Waals surface area contributed by atoms with E-state index in [1.54, 1.807) is 6.07 Å². The minimum absolute atomic E-state index is 0.276. The van der Waals surface area contributed by atoms with Crippen LogP contribution in [0.25, 0.3) is 16.5 Å². The van der Waals surface area contributed by atoms with Crippen LogP contribution in [0.2, 0.25) is 6.32 Å². The Morgan fingerprint density at radius 3 is 3.00 bits per heavy atom. The van der Waals surface area contributed by atoms with Crippen LogP contribution in [0.3, 0.4) is 0 Å². The first-order chi connectivity index (χ1) is 6.72. The Balaban J connectivity index is 2.64. The van der Waals surface area contributed by atoms with Gasteiger partial charge in [0.2, 0.25) is 0 Å². The van der Waals surface area contributed by atoms with E-state index in [9.17, 15) is 4.39 Å². The highest BCUT2D eigenvalue weighted by Crippen LogP contribution is 2.25. The zero-order chi connectivity index (χ0) is 10.1. The molecule has 68 valence electrons. The predicted molar refractivity (Wildman–Crippen MR) is 55.8 cm³/mol. The van der Waals surface area contributed by atoms with Gasteiger partial charge in [0.1, 0.15) is 0 Å². The topological polar surface area (TPSA) is 13.1 Å². The minimum Gasteiger partial charge on any atom is -0.461 e. The van der Waals surface area contributed by atoms with Crippen molar-refractivity contribution in [2.45, 2.75) is 6.32 Å². The third-order valence-corrected chi connectivity index (χ3v) is 2.16. The van der Waals surface area contributed by atoms with Gasteiger partial charge < -0.3 is 4.42 Å². The first kappa shape index (κ1) is 9.07. The summed E-state index contributed by atoms with van der Waals surface area (Å²) in [5.74, 6) is -0.378. The second kappa shape index (κ2) is 3.33. The molecule has 0 aliphatic carbocycles. The largest absolute Gasteiger partial charge is 0.461 e. The van der Waals surface area contributed by atoms with Crippen LogP contribution in [0.15, 0.2) is 35.5 Å². The molecular formula is C11H8BFO. The number of benzene rings is 1. The van der Waals surface area contributed by atoms with Crippen LogP contribution in [-0.2, 0) is 0 Å². The molecule has 0 fully saturated rings. The van der Waals surface area contributed by atoms with Gasteiger partial charge in [-0.25, -0.2) is 4.39 Å². The molecule has 0 atom stereocenters. The summed E-state index contributed by atoms with van der Waals surface area (Å²) in [6.07, 6.45) is 1.78. The van der Waals surface area contributed by atoms with Crippen molar-refractivity contribution in [2.24, 2.45) is 0 Å². The smallest absolute Gasteiger partial charge is 0.169 e. The summed E-state index contributed by atoms with van der Waals surface area (Å²) in [5.41, 5.74) is 1.71. The molecule has 0 aliphatic rings. The summed E-state index contributed by atoms with van der Waals surface area (Å²) < 4.78 is 18.4.